The second-order valence-electron chi connectivity index (χ2n) is 9.95. The Hall–Kier alpha value is -2.61. The van der Waals surface area contributed by atoms with Gasteiger partial charge in [0.2, 0.25) is 5.91 Å². The third-order valence-corrected chi connectivity index (χ3v) is 8.00. The van der Waals surface area contributed by atoms with Gasteiger partial charge in [-0.15, -0.1) is 11.3 Å². The van der Waals surface area contributed by atoms with Crippen LogP contribution >= 0.6 is 11.3 Å². The van der Waals surface area contributed by atoms with Crippen molar-refractivity contribution >= 4 is 38.7 Å². The Morgan fingerprint density at radius 2 is 1.83 bits per heavy atom. The van der Waals surface area contributed by atoms with Crippen LogP contribution in [-0.2, 0) is 16.0 Å². The molecule has 2 aliphatic heterocycles. The van der Waals surface area contributed by atoms with Gasteiger partial charge in [-0.1, -0.05) is 12.1 Å². The van der Waals surface area contributed by atoms with Crippen LogP contribution in [0.15, 0.2) is 47.8 Å². The molecule has 0 unspecified atom stereocenters. The molecule has 36 heavy (non-hydrogen) atoms. The molecule has 1 fully saturated rings. The number of unbranched alkanes of at least 4 members (excludes halogenated alkanes) is 1. The van der Waals surface area contributed by atoms with Crippen molar-refractivity contribution in [1.82, 2.24) is 4.90 Å². The number of nitrogens with zero attached hydrogens (tertiary/aromatic N) is 3. The Kier molecular flexibility index (Phi) is 8.09. The fraction of sp³-hybridized carbons (Fsp3) is 0.483. The summed E-state index contributed by atoms with van der Waals surface area (Å²) in [4.78, 5) is 19.3. The molecule has 192 valence electrons. The summed E-state index contributed by atoms with van der Waals surface area (Å²) >= 11 is 1.82. The van der Waals surface area contributed by atoms with E-state index in [4.69, 9.17) is 9.47 Å². The fourth-order valence-electron chi connectivity index (χ4n) is 5.07. The van der Waals surface area contributed by atoms with Gasteiger partial charge in [-0.2, -0.15) is 0 Å². The lowest BCUT2D eigenvalue weighted by atomic mass is 10.0. The number of hydrogen-bond donors (Lipinski definition) is 0. The SMILES string of the molecule is CC(C)OCN1C(=O)CCc2ccc(OCCCCN3CCN(c4cccc5sccc45)CC3)cc21. The van der Waals surface area contributed by atoms with E-state index in [-0.39, 0.29) is 12.0 Å². The first kappa shape index (κ1) is 25.1. The number of piperazine rings is 1. The number of hydrogen-bond acceptors (Lipinski definition) is 6. The third-order valence-electron chi connectivity index (χ3n) is 7.12. The molecule has 1 amide bonds. The molecule has 7 heteroatoms. The summed E-state index contributed by atoms with van der Waals surface area (Å²) in [5.74, 6) is 0.946. The standard InChI is InChI=1S/C29H37N3O3S/c1-22(2)35-21-32-27-20-24(10-8-23(27)9-11-29(32)33)34-18-4-3-13-30-14-16-31(17-15-30)26-6-5-7-28-25(26)12-19-36-28/h5-8,10,12,19-20,22H,3-4,9,11,13-18,21H2,1-2H3. The van der Waals surface area contributed by atoms with Crippen LogP contribution in [0.1, 0.15) is 38.7 Å². The topological polar surface area (TPSA) is 45.2 Å². The van der Waals surface area contributed by atoms with Crippen LogP contribution in [0.25, 0.3) is 10.1 Å². The first-order chi connectivity index (χ1) is 17.6. The third kappa shape index (κ3) is 5.85. The molecule has 0 spiro atoms. The van der Waals surface area contributed by atoms with Crippen LogP contribution in [0.3, 0.4) is 0 Å². The van der Waals surface area contributed by atoms with Gasteiger partial charge in [-0.25, -0.2) is 0 Å². The molecule has 2 aliphatic rings. The molecule has 5 rings (SSSR count). The first-order valence-electron chi connectivity index (χ1n) is 13.2. The highest BCUT2D eigenvalue weighted by atomic mass is 32.1. The second kappa shape index (κ2) is 11.6. The van der Waals surface area contributed by atoms with E-state index >= 15 is 0 Å². The van der Waals surface area contributed by atoms with Gasteiger partial charge in [0.1, 0.15) is 12.5 Å². The van der Waals surface area contributed by atoms with E-state index in [1.165, 1.54) is 21.3 Å². The molecular formula is C29H37N3O3S. The first-order valence-corrected chi connectivity index (χ1v) is 14.1. The van der Waals surface area contributed by atoms with E-state index < -0.39 is 0 Å². The second-order valence-corrected chi connectivity index (χ2v) is 10.9. The lowest BCUT2D eigenvalue weighted by Crippen LogP contribution is -2.46. The molecule has 1 aromatic heterocycles. The van der Waals surface area contributed by atoms with Crippen LogP contribution in [0.5, 0.6) is 5.75 Å². The molecule has 0 radical (unpaired) electrons. The van der Waals surface area contributed by atoms with Crippen molar-refractivity contribution < 1.29 is 14.3 Å². The molecule has 1 saturated heterocycles. The minimum absolute atomic E-state index is 0.0842. The molecule has 0 N–H and O–H groups in total. The number of benzene rings is 2. The maximum Gasteiger partial charge on any atom is 0.229 e. The van der Waals surface area contributed by atoms with Crippen molar-refractivity contribution in [3.63, 3.8) is 0 Å². The van der Waals surface area contributed by atoms with Crippen molar-refractivity contribution in [3.8, 4) is 5.75 Å². The van der Waals surface area contributed by atoms with Gasteiger partial charge in [0.15, 0.2) is 0 Å². The number of fused-ring (bicyclic) bond motifs is 2. The summed E-state index contributed by atoms with van der Waals surface area (Å²) in [6.45, 7) is 10.4. The Morgan fingerprint density at radius 1 is 0.972 bits per heavy atom. The van der Waals surface area contributed by atoms with E-state index in [1.54, 1.807) is 4.90 Å². The number of aryl methyl sites for hydroxylation is 1. The maximum atomic E-state index is 12.5. The highest BCUT2D eigenvalue weighted by Crippen LogP contribution is 2.32. The Bertz CT molecular complexity index is 1170. The summed E-state index contributed by atoms with van der Waals surface area (Å²) in [6, 6.07) is 15.0. The van der Waals surface area contributed by atoms with E-state index in [1.807, 2.05) is 37.3 Å². The van der Waals surface area contributed by atoms with Gasteiger partial charge in [-0.3, -0.25) is 14.6 Å². The lowest BCUT2D eigenvalue weighted by Gasteiger charge is -2.36. The molecule has 0 bridgehead atoms. The molecule has 0 saturated carbocycles. The maximum absolute atomic E-state index is 12.5. The summed E-state index contributed by atoms with van der Waals surface area (Å²) in [5, 5.41) is 3.57. The van der Waals surface area contributed by atoms with Gasteiger partial charge < -0.3 is 14.4 Å². The fourth-order valence-corrected chi connectivity index (χ4v) is 5.87. The Morgan fingerprint density at radius 3 is 2.67 bits per heavy atom. The predicted octanol–water partition coefficient (Wildman–Crippen LogP) is 5.54. The van der Waals surface area contributed by atoms with Crippen LogP contribution in [0, 0.1) is 0 Å². The van der Waals surface area contributed by atoms with E-state index in [2.05, 4.69) is 45.5 Å². The number of thiophene rings is 1. The number of ether oxygens (including phenoxy) is 2. The summed E-state index contributed by atoms with van der Waals surface area (Å²) in [5.41, 5.74) is 3.49. The van der Waals surface area contributed by atoms with Crippen LogP contribution < -0.4 is 14.5 Å². The van der Waals surface area contributed by atoms with Crippen LogP contribution in [-0.4, -0.2) is 63.0 Å². The quantitative estimate of drug-likeness (QED) is 0.337. The molecule has 3 heterocycles. The zero-order valence-corrected chi connectivity index (χ0v) is 22.3. The van der Waals surface area contributed by atoms with Gasteiger partial charge in [0.25, 0.3) is 0 Å². The minimum Gasteiger partial charge on any atom is -0.494 e. The predicted molar refractivity (Wildman–Crippen MR) is 149 cm³/mol. The largest absolute Gasteiger partial charge is 0.494 e. The van der Waals surface area contributed by atoms with Crippen LogP contribution in [0.2, 0.25) is 0 Å². The number of carbonyl (C=O) groups is 1. The molecule has 0 atom stereocenters. The lowest BCUT2D eigenvalue weighted by molar-refractivity contribution is -0.120. The summed E-state index contributed by atoms with van der Waals surface area (Å²) in [7, 11) is 0. The number of amides is 1. The smallest absolute Gasteiger partial charge is 0.229 e. The van der Waals surface area contributed by atoms with Crippen molar-refractivity contribution in [3.05, 3.63) is 53.4 Å². The average molecular weight is 508 g/mol. The molecule has 0 aliphatic carbocycles. The zero-order chi connectivity index (χ0) is 24.9. The molecule has 6 nitrogen and oxygen atoms in total. The average Bonchev–Trinajstić information content (AvgIpc) is 3.37. The van der Waals surface area contributed by atoms with Crippen molar-refractivity contribution in [2.75, 3.05) is 55.9 Å². The van der Waals surface area contributed by atoms with Crippen molar-refractivity contribution in [1.29, 1.82) is 0 Å². The van der Waals surface area contributed by atoms with Crippen molar-refractivity contribution in [2.24, 2.45) is 0 Å². The monoisotopic (exact) mass is 507 g/mol. The number of carbonyl (C=O) groups excluding carboxylic acids is 1. The van der Waals surface area contributed by atoms with E-state index in [0.29, 0.717) is 19.8 Å². The van der Waals surface area contributed by atoms with Gasteiger partial charge >= 0.3 is 0 Å². The highest BCUT2D eigenvalue weighted by Gasteiger charge is 2.25. The van der Waals surface area contributed by atoms with Gasteiger partial charge in [0.05, 0.1) is 18.4 Å². The Balaban J connectivity index is 1.05. The minimum atomic E-state index is 0.0842. The zero-order valence-electron chi connectivity index (χ0n) is 21.4. The Labute approximate surface area is 218 Å². The molecule has 3 aromatic rings. The normalized spacial score (nSPS) is 16.7. The number of rotatable bonds is 10. The summed E-state index contributed by atoms with van der Waals surface area (Å²) in [6.07, 6.45) is 3.54. The number of anilines is 2. The van der Waals surface area contributed by atoms with Gasteiger partial charge in [-0.05, 0) is 74.9 Å². The molecular weight excluding hydrogens is 470 g/mol. The van der Waals surface area contributed by atoms with E-state index in [9.17, 15) is 4.79 Å². The van der Waals surface area contributed by atoms with Gasteiger partial charge in [0, 0.05) is 54.4 Å². The summed E-state index contributed by atoms with van der Waals surface area (Å²) < 4.78 is 13.2. The van der Waals surface area contributed by atoms with Crippen LogP contribution in [0.4, 0.5) is 11.4 Å². The van der Waals surface area contributed by atoms with E-state index in [0.717, 1.165) is 63.4 Å². The van der Waals surface area contributed by atoms with Crippen molar-refractivity contribution in [2.45, 2.75) is 45.6 Å². The molecule has 2 aromatic carbocycles. The highest BCUT2D eigenvalue weighted by molar-refractivity contribution is 7.17.